The van der Waals surface area contributed by atoms with Gasteiger partial charge in [0.2, 0.25) is 10.1 Å². The van der Waals surface area contributed by atoms with E-state index in [0.717, 1.165) is 16.8 Å². The Kier molecular flexibility index (Phi) is 3.12. The van der Waals surface area contributed by atoms with Crippen LogP contribution in [0.1, 0.15) is 11.1 Å². The highest BCUT2D eigenvalue weighted by atomic mass is 32.1. The average molecular weight is 322 g/mol. The molecule has 0 aliphatic rings. The van der Waals surface area contributed by atoms with Crippen LogP contribution in [-0.2, 0) is 0 Å². The summed E-state index contributed by atoms with van der Waals surface area (Å²) < 4.78 is 1.36. The van der Waals surface area contributed by atoms with Crippen molar-refractivity contribution in [1.82, 2.24) is 14.6 Å². The highest BCUT2D eigenvalue weighted by Gasteiger charge is 2.12. The van der Waals surface area contributed by atoms with Crippen LogP contribution in [0.15, 0.2) is 47.3 Å². The average Bonchev–Trinajstić information content (AvgIpc) is 2.94. The minimum atomic E-state index is -0.142. The number of hydrogen-bond donors (Lipinski definition) is 1. The zero-order chi connectivity index (χ0) is 16.0. The van der Waals surface area contributed by atoms with Crippen molar-refractivity contribution in [1.29, 1.82) is 0 Å². The summed E-state index contributed by atoms with van der Waals surface area (Å²) >= 11 is 1.37. The van der Waals surface area contributed by atoms with Crippen LogP contribution in [0.5, 0.6) is 0 Å². The molecule has 2 aromatic heterocycles. The molecule has 0 spiro atoms. The molecule has 0 unspecified atom stereocenters. The smallest absolute Gasteiger partial charge is 0.283 e. The van der Waals surface area contributed by atoms with E-state index in [0.29, 0.717) is 21.0 Å². The lowest BCUT2D eigenvalue weighted by Crippen LogP contribution is -2.15. The Morgan fingerprint density at radius 1 is 1.04 bits per heavy atom. The molecule has 0 fully saturated rings. The quantitative estimate of drug-likeness (QED) is 0.612. The van der Waals surface area contributed by atoms with E-state index < -0.39 is 0 Å². The van der Waals surface area contributed by atoms with Crippen molar-refractivity contribution in [2.45, 2.75) is 13.8 Å². The van der Waals surface area contributed by atoms with E-state index in [1.165, 1.54) is 15.9 Å². The summed E-state index contributed by atoms with van der Waals surface area (Å²) in [4.78, 5) is 17.6. The van der Waals surface area contributed by atoms with Gasteiger partial charge in [-0.25, -0.2) is 4.98 Å². The number of anilines is 2. The summed E-state index contributed by atoms with van der Waals surface area (Å²) in [5.41, 5.74) is 3.84. The fraction of sp³-hybridized carbons (Fsp3) is 0.118. The SMILES string of the molecule is Cc1cccc(C)c1Nc1nn2c(=O)c3ccccc3nc2s1. The van der Waals surface area contributed by atoms with Crippen molar-refractivity contribution in [3.63, 3.8) is 0 Å². The molecule has 0 atom stereocenters. The predicted molar refractivity (Wildman–Crippen MR) is 93.8 cm³/mol. The van der Waals surface area contributed by atoms with Crippen LogP contribution in [0.3, 0.4) is 0 Å². The molecule has 6 heteroatoms. The standard InChI is InChI=1S/C17H14N4OS/c1-10-6-5-7-11(2)14(10)19-16-20-21-15(22)12-8-3-4-9-13(12)18-17(21)23-16/h3-9H,1-2H3,(H,19,20). The van der Waals surface area contributed by atoms with Gasteiger partial charge in [0.25, 0.3) is 5.56 Å². The number of hydrogen-bond acceptors (Lipinski definition) is 5. The first kappa shape index (κ1) is 13.9. The summed E-state index contributed by atoms with van der Waals surface area (Å²) in [6.45, 7) is 4.09. The van der Waals surface area contributed by atoms with Gasteiger partial charge in [0.05, 0.1) is 10.9 Å². The van der Waals surface area contributed by atoms with Gasteiger partial charge >= 0.3 is 0 Å². The molecule has 2 aromatic carbocycles. The van der Waals surface area contributed by atoms with Crippen molar-refractivity contribution in [3.8, 4) is 0 Å². The molecule has 5 nitrogen and oxygen atoms in total. The van der Waals surface area contributed by atoms with Crippen LogP contribution in [-0.4, -0.2) is 14.6 Å². The lowest BCUT2D eigenvalue weighted by molar-refractivity contribution is 0.919. The summed E-state index contributed by atoms with van der Waals surface area (Å²) in [6.07, 6.45) is 0. The highest BCUT2D eigenvalue weighted by Crippen LogP contribution is 2.27. The minimum Gasteiger partial charge on any atom is -0.330 e. The molecule has 0 aliphatic heterocycles. The van der Waals surface area contributed by atoms with Crippen molar-refractivity contribution in [2.75, 3.05) is 5.32 Å². The number of benzene rings is 2. The maximum atomic E-state index is 12.5. The number of nitrogens with one attached hydrogen (secondary N) is 1. The second-order valence-corrected chi connectivity index (χ2v) is 6.38. The molecule has 1 N–H and O–H groups in total. The zero-order valence-corrected chi connectivity index (χ0v) is 13.5. The number of aryl methyl sites for hydroxylation is 2. The first-order chi connectivity index (χ1) is 11.1. The van der Waals surface area contributed by atoms with Crippen LogP contribution < -0.4 is 10.9 Å². The third kappa shape index (κ3) is 2.27. The number of para-hydroxylation sites is 2. The van der Waals surface area contributed by atoms with Crippen molar-refractivity contribution in [3.05, 3.63) is 63.9 Å². The van der Waals surface area contributed by atoms with Gasteiger partial charge in [-0.2, -0.15) is 4.52 Å². The number of aromatic nitrogens is 3. The first-order valence-electron chi connectivity index (χ1n) is 7.25. The lowest BCUT2D eigenvalue weighted by Gasteiger charge is -2.09. The van der Waals surface area contributed by atoms with E-state index in [-0.39, 0.29) is 5.56 Å². The van der Waals surface area contributed by atoms with E-state index in [1.807, 2.05) is 50.2 Å². The van der Waals surface area contributed by atoms with Gasteiger partial charge in [-0.1, -0.05) is 41.7 Å². The molecule has 0 amide bonds. The van der Waals surface area contributed by atoms with Crippen LogP contribution >= 0.6 is 11.3 Å². The summed E-state index contributed by atoms with van der Waals surface area (Å²) in [6, 6.07) is 13.4. The van der Waals surface area contributed by atoms with E-state index in [2.05, 4.69) is 15.4 Å². The molecular weight excluding hydrogens is 308 g/mol. The number of nitrogens with zero attached hydrogens (tertiary/aromatic N) is 3. The van der Waals surface area contributed by atoms with Crippen molar-refractivity contribution in [2.24, 2.45) is 0 Å². The molecule has 2 heterocycles. The topological polar surface area (TPSA) is 59.3 Å². The molecule has 0 saturated heterocycles. The maximum Gasteiger partial charge on any atom is 0.283 e. The van der Waals surface area contributed by atoms with E-state index in [9.17, 15) is 4.79 Å². The molecule has 114 valence electrons. The monoisotopic (exact) mass is 322 g/mol. The minimum absolute atomic E-state index is 0.142. The van der Waals surface area contributed by atoms with Gasteiger partial charge in [0, 0.05) is 5.69 Å². The Balaban J connectivity index is 1.88. The summed E-state index contributed by atoms with van der Waals surface area (Å²) in [5.74, 6) is 0. The number of rotatable bonds is 2. The normalized spacial score (nSPS) is 11.2. The summed E-state index contributed by atoms with van der Waals surface area (Å²) in [7, 11) is 0. The molecule has 0 radical (unpaired) electrons. The van der Waals surface area contributed by atoms with Gasteiger partial charge in [-0.3, -0.25) is 4.79 Å². The molecule has 0 bridgehead atoms. The van der Waals surface area contributed by atoms with Gasteiger partial charge < -0.3 is 5.32 Å². The second-order valence-electron chi connectivity index (χ2n) is 5.43. The van der Waals surface area contributed by atoms with Crippen LogP contribution in [0.2, 0.25) is 0 Å². The van der Waals surface area contributed by atoms with E-state index in [4.69, 9.17) is 0 Å². The molecule has 4 aromatic rings. The van der Waals surface area contributed by atoms with Crippen molar-refractivity contribution >= 4 is 38.0 Å². The first-order valence-corrected chi connectivity index (χ1v) is 8.07. The Labute approximate surface area is 136 Å². The second kappa shape index (κ2) is 5.17. The predicted octanol–water partition coefficient (Wildman–Crippen LogP) is 3.66. The molecule has 23 heavy (non-hydrogen) atoms. The lowest BCUT2D eigenvalue weighted by atomic mass is 10.1. The fourth-order valence-electron chi connectivity index (χ4n) is 2.62. The third-order valence-electron chi connectivity index (χ3n) is 3.82. The van der Waals surface area contributed by atoms with Gasteiger partial charge in [0.15, 0.2) is 0 Å². The van der Waals surface area contributed by atoms with Crippen LogP contribution in [0.25, 0.3) is 15.9 Å². The Hall–Kier alpha value is -2.73. The maximum absolute atomic E-state index is 12.5. The van der Waals surface area contributed by atoms with Gasteiger partial charge in [-0.15, -0.1) is 5.10 Å². The molecule has 0 aliphatic carbocycles. The largest absolute Gasteiger partial charge is 0.330 e. The Bertz CT molecular complexity index is 1080. The molecular formula is C17H14N4OS. The fourth-order valence-corrected chi connectivity index (χ4v) is 3.43. The third-order valence-corrected chi connectivity index (χ3v) is 4.64. The van der Waals surface area contributed by atoms with E-state index in [1.54, 1.807) is 6.07 Å². The van der Waals surface area contributed by atoms with E-state index >= 15 is 0 Å². The van der Waals surface area contributed by atoms with Crippen LogP contribution in [0, 0.1) is 13.8 Å². The Morgan fingerprint density at radius 2 is 1.78 bits per heavy atom. The summed E-state index contributed by atoms with van der Waals surface area (Å²) in [5, 5.41) is 8.94. The molecule has 4 rings (SSSR count). The highest BCUT2D eigenvalue weighted by molar-refractivity contribution is 7.20. The number of fused-ring (bicyclic) bond motifs is 2. The van der Waals surface area contributed by atoms with Crippen molar-refractivity contribution < 1.29 is 0 Å². The van der Waals surface area contributed by atoms with Gasteiger partial charge in [0.1, 0.15) is 0 Å². The zero-order valence-electron chi connectivity index (χ0n) is 12.7. The Morgan fingerprint density at radius 3 is 2.57 bits per heavy atom. The van der Waals surface area contributed by atoms with Crippen LogP contribution in [0.4, 0.5) is 10.8 Å². The molecule has 0 saturated carbocycles. The van der Waals surface area contributed by atoms with Gasteiger partial charge in [-0.05, 0) is 37.1 Å².